The molecule has 2 rings (SSSR count). The molecule has 1 aliphatic rings. The first-order chi connectivity index (χ1) is 6.59. The Morgan fingerprint density at radius 2 is 2.29 bits per heavy atom. The maximum atomic E-state index is 13.1. The van der Waals surface area contributed by atoms with Gasteiger partial charge >= 0.3 is 0 Å². The molecule has 0 heterocycles. The molecule has 2 atom stereocenters. The molecule has 2 unspecified atom stereocenters. The molecule has 0 aromatic heterocycles. The van der Waals surface area contributed by atoms with Crippen LogP contribution in [0.25, 0.3) is 0 Å². The van der Waals surface area contributed by atoms with E-state index in [1.54, 1.807) is 19.1 Å². The van der Waals surface area contributed by atoms with Crippen LogP contribution < -0.4 is 0 Å². The Morgan fingerprint density at radius 1 is 1.57 bits per heavy atom. The summed E-state index contributed by atoms with van der Waals surface area (Å²) in [5.41, 5.74) is 0.882. The molecule has 0 saturated heterocycles. The van der Waals surface area contributed by atoms with Crippen LogP contribution >= 0.6 is 11.6 Å². The van der Waals surface area contributed by atoms with Crippen LogP contribution in [0, 0.1) is 11.7 Å². The standard InChI is InChI=1S/C11H10ClFO/c1-6(14)8-5-9(8)7-2-3-10(12)11(13)4-7/h2-4,8-9H,5H2,1H3. The van der Waals surface area contributed by atoms with Crippen LogP contribution in [0.3, 0.4) is 0 Å². The number of halogens is 2. The zero-order valence-electron chi connectivity index (χ0n) is 7.76. The van der Waals surface area contributed by atoms with Crippen LogP contribution in [0.15, 0.2) is 18.2 Å². The highest BCUT2D eigenvalue weighted by Crippen LogP contribution is 2.48. The van der Waals surface area contributed by atoms with Gasteiger partial charge in [0.15, 0.2) is 0 Å². The van der Waals surface area contributed by atoms with E-state index in [9.17, 15) is 9.18 Å². The molecule has 1 nitrogen and oxygen atoms in total. The van der Waals surface area contributed by atoms with Crippen molar-refractivity contribution in [2.75, 3.05) is 0 Å². The van der Waals surface area contributed by atoms with E-state index in [4.69, 9.17) is 11.6 Å². The first-order valence-corrected chi connectivity index (χ1v) is 4.93. The molecular weight excluding hydrogens is 203 g/mol. The Kier molecular flexibility index (Phi) is 2.31. The van der Waals surface area contributed by atoms with Gasteiger partial charge in [-0.2, -0.15) is 0 Å². The van der Waals surface area contributed by atoms with Crippen LogP contribution in [-0.4, -0.2) is 5.78 Å². The second kappa shape index (κ2) is 3.35. The first kappa shape index (κ1) is 9.66. The summed E-state index contributed by atoms with van der Waals surface area (Å²) in [5.74, 6) is 0.0820. The van der Waals surface area contributed by atoms with E-state index in [0.29, 0.717) is 0 Å². The molecule has 1 fully saturated rings. The fourth-order valence-corrected chi connectivity index (χ4v) is 1.87. The van der Waals surface area contributed by atoms with Crippen molar-refractivity contribution in [3.05, 3.63) is 34.6 Å². The van der Waals surface area contributed by atoms with E-state index in [1.807, 2.05) is 0 Å². The summed E-state index contributed by atoms with van der Waals surface area (Å²) in [5, 5.41) is 0.133. The minimum absolute atomic E-state index is 0.0931. The predicted octanol–water partition coefficient (Wildman–Crippen LogP) is 3.17. The normalized spacial score (nSPS) is 24.8. The van der Waals surface area contributed by atoms with Crippen LogP contribution in [0.2, 0.25) is 5.02 Å². The van der Waals surface area contributed by atoms with Gasteiger partial charge in [0.05, 0.1) is 5.02 Å². The Balaban J connectivity index is 2.20. The molecule has 0 N–H and O–H groups in total. The highest BCUT2D eigenvalue weighted by molar-refractivity contribution is 6.30. The van der Waals surface area contributed by atoms with E-state index in [1.165, 1.54) is 6.07 Å². The van der Waals surface area contributed by atoms with Crippen LogP contribution in [0.1, 0.15) is 24.8 Å². The summed E-state index contributed by atoms with van der Waals surface area (Å²) in [4.78, 5) is 11.0. The van der Waals surface area contributed by atoms with E-state index in [2.05, 4.69) is 0 Å². The number of benzene rings is 1. The van der Waals surface area contributed by atoms with Gasteiger partial charge in [0, 0.05) is 5.92 Å². The number of ketones is 1. The lowest BCUT2D eigenvalue weighted by molar-refractivity contribution is -0.118. The lowest BCUT2D eigenvalue weighted by atomic mass is 10.1. The quantitative estimate of drug-likeness (QED) is 0.736. The zero-order valence-corrected chi connectivity index (χ0v) is 8.51. The van der Waals surface area contributed by atoms with Crippen molar-refractivity contribution in [3.63, 3.8) is 0 Å². The summed E-state index contributed by atoms with van der Waals surface area (Å²) in [6.07, 6.45) is 0.844. The van der Waals surface area contributed by atoms with Crippen molar-refractivity contribution >= 4 is 17.4 Å². The molecule has 1 aliphatic carbocycles. The third-order valence-corrected chi connectivity index (χ3v) is 2.99. The van der Waals surface area contributed by atoms with Gasteiger partial charge < -0.3 is 0 Å². The van der Waals surface area contributed by atoms with Crippen molar-refractivity contribution in [3.8, 4) is 0 Å². The van der Waals surface area contributed by atoms with Crippen molar-refractivity contribution in [2.45, 2.75) is 19.3 Å². The fourth-order valence-electron chi connectivity index (χ4n) is 1.76. The lowest BCUT2D eigenvalue weighted by Crippen LogP contribution is -1.95. The van der Waals surface area contributed by atoms with Gasteiger partial charge in [-0.1, -0.05) is 17.7 Å². The number of rotatable bonds is 2. The summed E-state index contributed by atoms with van der Waals surface area (Å²) in [6, 6.07) is 4.76. The summed E-state index contributed by atoms with van der Waals surface area (Å²) < 4.78 is 13.1. The number of Topliss-reactive ketones (excluding diaryl/α,β-unsaturated/α-hetero) is 1. The largest absolute Gasteiger partial charge is 0.300 e. The summed E-state index contributed by atoms with van der Waals surface area (Å²) in [7, 11) is 0. The zero-order chi connectivity index (χ0) is 10.3. The minimum atomic E-state index is -0.404. The minimum Gasteiger partial charge on any atom is -0.300 e. The molecule has 0 spiro atoms. The second-order valence-corrected chi connectivity index (χ2v) is 4.14. The Morgan fingerprint density at radius 3 is 2.79 bits per heavy atom. The smallest absolute Gasteiger partial charge is 0.142 e. The van der Waals surface area contributed by atoms with Crippen molar-refractivity contribution in [2.24, 2.45) is 5.92 Å². The molecule has 0 bridgehead atoms. The number of hydrogen-bond acceptors (Lipinski definition) is 1. The predicted molar refractivity (Wildman–Crippen MR) is 52.9 cm³/mol. The molecule has 1 aromatic carbocycles. The maximum absolute atomic E-state index is 13.1. The molecular formula is C11H10ClFO. The number of carbonyl (C=O) groups excluding carboxylic acids is 1. The third-order valence-electron chi connectivity index (χ3n) is 2.68. The van der Waals surface area contributed by atoms with Crippen molar-refractivity contribution < 1.29 is 9.18 Å². The molecule has 0 aliphatic heterocycles. The van der Waals surface area contributed by atoms with Gasteiger partial charge in [-0.05, 0) is 37.0 Å². The Hall–Kier alpha value is -0.890. The van der Waals surface area contributed by atoms with E-state index >= 15 is 0 Å². The van der Waals surface area contributed by atoms with Gasteiger partial charge in [0.25, 0.3) is 0 Å². The second-order valence-electron chi connectivity index (χ2n) is 3.73. The lowest BCUT2D eigenvalue weighted by Gasteiger charge is -2.00. The van der Waals surface area contributed by atoms with Gasteiger partial charge in [-0.25, -0.2) is 4.39 Å². The van der Waals surface area contributed by atoms with Gasteiger partial charge in [-0.3, -0.25) is 4.79 Å². The maximum Gasteiger partial charge on any atom is 0.142 e. The highest BCUT2D eigenvalue weighted by Gasteiger charge is 2.41. The first-order valence-electron chi connectivity index (χ1n) is 4.55. The highest BCUT2D eigenvalue weighted by atomic mass is 35.5. The molecule has 0 amide bonds. The topological polar surface area (TPSA) is 17.1 Å². The Bertz CT molecular complexity index is 389. The molecule has 0 radical (unpaired) electrons. The molecule has 1 aromatic rings. The Labute approximate surface area is 86.9 Å². The fraction of sp³-hybridized carbons (Fsp3) is 0.364. The van der Waals surface area contributed by atoms with Gasteiger partial charge in [0.2, 0.25) is 0 Å². The van der Waals surface area contributed by atoms with E-state index < -0.39 is 5.82 Å². The summed E-state index contributed by atoms with van der Waals surface area (Å²) >= 11 is 5.56. The van der Waals surface area contributed by atoms with Crippen molar-refractivity contribution in [1.29, 1.82) is 0 Å². The van der Waals surface area contributed by atoms with Crippen molar-refractivity contribution in [1.82, 2.24) is 0 Å². The number of hydrogen-bond donors (Lipinski definition) is 0. The third kappa shape index (κ3) is 1.67. The monoisotopic (exact) mass is 212 g/mol. The summed E-state index contributed by atoms with van der Waals surface area (Å²) in [6.45, 7) is 1.58. The average molecular weight is 213 g/mol. The SMILES string of the molecule is CC(=O)C1CC1c1ccc(Cl)c(F)c1. The number of carbonyl (C=O) groups is 1. The van der Waals surface area contributed by atoms with Crippen LogP contribution in [0.5, 0.6) is 0 Å². The van der Waals surface area contributed by atoms with Crippen LogP contribution in [0.4, 0.5) is 4.39 Å². The van der Waals surface area contributed by atoms with E-state index in [0.717, 1.165) is 12.0 Å². The van der Waals surface area contributed by atoms with Gasteiger partial charge in [0.1, 0.15) is 11.6 Å². The molecule has 3 heteroatoms. The molecule has 74 valence electrons. The van der Waals surface area contributed by atoms with Crippen LogP contribution in [-0.2, 0) is 4.79 Å². The van der Waals surface area contributed by atoms with Gasteiger partial charge in [-0.15, -0.1) is 0 Å². The molecule has 14 heavy (non-hydrogen) atoms. The average Bonchev–Trinajstić information content (AvgIpc) is 2.89. The molecule has 1 saturated carbocycles. The van der Waals surface area contributed by atoms with E-state index in [-0.39, 0.29) is 22.6 Å².